The number of nitrogen functional groups attached to an aromatic ring is 1. The average Bonchev–Trinajstić information content (AvgIpc) is 2.77. The Morgan fingerprint density at radius 2 is 2.32 bits per heavy atom. The summed E-state index contributed by atoms with van der Waals surface area (Å²) in [6.45, 7) is -0.182. The van der Waals surface area contributed by atoms with Gasteiger partial charge < -0.3 is 5.73 Å². The minimum Gasteiger partial charge on any atom is -0.365 e. The van der Waals surface area contributed by atoms with Crippen molar-refractivity contribution in [2.24, 2.45) is 5.10 Å². The van der Waals surface area contributed by atoms with Crippen LogP contribution in [0.5, 0.6) is 0 Å². The maximum atomic E-state index is 13.2. The van der Waals surface area contributed by atoms with Crippen LogP contribution in [-0.4, -0.2) is 32.3 Å². The highest BCUT2D eigenvalue weighted by atomic mass is 19.1. The normalized spacial score (nSPS) is 10.8. The van der Waals surface area contributed by atoms with E-state index >= 15 is 0 Å². The minimum absolute atomic E-state index is 0.0253. The molecule has 1 aromatic heterocycles. The maximum absolute atomic E-state index is 13.2. The quantitative estimate of drug-likeness (QED) is 0.573. The van der Waals surface area contributed by atoms with Gasteiger partial charge in [-0.05, 0) is 11.3 Å². The zero-order valence-electron chi connectivity index (χ0n) is 9.69. The lowest BCUT2D eigenvalue weighted by atomic mass is 10.2. The molecule has 19 heavy (non-hydrogen) atoms. The molecule has 0 fully saturated rings. The lowest BCUT2D eigenvalue weighted by molar-refractivity contribution is -0.122. The maximum Gasteiger partial charge on any atom is 0.263 e. The van der Waals surface area contributed by atoms with E-state index in [1.165, 1.54) is 18.3 Å². The molecule has 98 valence electrons. The first-order valence-corrected chi connectivity index (χ1v) is 5.25. The Morgan fingerprint density at radius 1 is 1.53 bits per heavy atom. The van der Waals surface area contributed by atoms with E-state index in [1.807, 2.05) is 0 Å². The zero-order valence-corrected chi connectivity index (χ0v) is 9.69. The summed E-state index contributed by atoms with van der Waals surface area (Å²) >= 11 is 0. The summed E-state index contributed by atoms with van der Waals surface area (Å²) < 4.78 is 13.2. The lowest BCUT2D eigenvalue weighted by Crippen LogP contribution is -2.24. The zero-order chi connectivity index (χ0) is 13.7. The standard InChI is InChI=1S/C10H10FN7O/c11-8-4-2-1-3-7(8)5-13-14-9(19)6-18-16-10(12)15-17-18/h1-5H,6H2,(H2,12,16)(H,14,19)/b13-5-. The number of nitrogens with two attached hydrogens (primary N) is 1. The second-order valence-corrected chi connectivity index (χ2v) is 3.49. The van der Waals surface area contributed by atoms with Crippen molar-refractivity contribution in [3.63, 3.8) is 0 Å². The van der Waals surface area contributed by atoms with Crippen molar-refractivity contribution < 1.29 is 9.18 Å². The van der Waals surface area contributed by atoms with Crippen LogP contribution in [0.2, 0.25) is 0 Å². The molecule has 0 spiro atoms. The van der Waals surface area contributed by atoms with Gasteiger partial charge in [0.1, 0.15) is 12.4 Å². The first kappa shape index (κ1) is 12.6. The van der Waals surface area contributed by atoms with E-state index in [1.54, 1.807) is 12.1 Å². The molecule has 0 unspecified atom stereocenters. The number of hydrogen-bond acceptors (Lipinski definition) is 6. The van der Waals surface area contributed by atoms with Crippen LogP contribution in [0.1, 0.15) is 5.56 Å². The average molecular weight is 263 g/mol. The molecule has 1 aromatic carbocycles. The third kappa shape index (κ3) is 3.56. The monoisotopic (exact) mass is 263 g/mol. The van der Waals surface area contributed by atoms with Crippen LogP contribution in [-0.2, 0) is 11.3 Å². The molecular weight excluding hydrogens is 253 g/mol. The highest BCUT2D eigenvalue weighted by Gasteiger charge is 2.04. The molecule has 0 radical (unpaired) electrons. The van der Waals surface area contributed by atoms with Gasteiger partial charge in [0.2, 0.25) is 0 Å². The third-order valence-electron chi connectivity index (χ3n) is 2.05. The van der Waals surface area contributed by atoms with Crippen LogP contribution in [0.3, 0.4) is 0 Å². The van der Waals surface area contributed by atoms with Crippen LogP contribution in [0.15, 0.2) is 29.4 Å². The molecule has 8 nitrogen and oxygen atoms in total. The summed E-state index contributed by atoms with van der Waals surface area (Å²) in [7, 11) is 0. The SMILES string of the molecule is Nc1nnn(CC(=O)N/N=C\c2ccccc2F)n1. The predicted octanol–water partition coefficient (Wildman–Crippen LogP) is -0.455. The van der Waals surface area contributed by atoms with Crippen molar-refractivity contribution in [1.82, 2.24) is 25.6 Å². The van der Waals surface area contributed by atoms with E-state index in [0.717, 1.165) is 4.80 Å². The van der Waals surface area contributed by atoms with Gasteiger partial charge in [0.15, 0.2) is 0 Å². The van der Waals surface area contributed by atoms with Crippen LogP contribution in [0.4, 0.5) is 10.3 Å². The lowest BCUT2D eigenvalue weighted by Gasteiger charge is -1.98. The number of benzene rings is 1. The molecule has 0 aliphatic rings. The van der Waals surface area contributed by atoms with E-state index in [-0.39, 0.29) is 18.1 Å². The summed E-state index contributed by atoms with van der Waals surface area (Å²) in [6, 6.07) is 6.05. The van der Waals surface area contributed by atoms with Crippen molar-refractivity contribution in [3.05, 3.63) is 35.6 Å². The van der Waals surface area contributed by atoms with Crippen molar-refractivity contribution in [2.75, 3.05) is 5.73 Å². The highest BCUT2D eigenvalue weighted by Crippen LogP contribution is 2.02. The smallest absolute Gasteiger partial charge is 0.263 e. The number of rotatable bonds is 4. The van der Waals surface area contributed by atoms with Gasteiger partial charge in [0, 0.05) is 5.56 Å². The van der Waals surface area contributed by atoms with Crippen molar-refractivity contribution in [3.8, 4) is 0 Å². The number of amides is 1. The van der Waals surface area contributed by atoms with E-state index in [2.05, 4.69) is 25.9 Å². The fraction of sp³-hybridized carbons (Fsp3) is 0.100. The fourth-order valence-electron chi connectivity index (χ4n) is 1.24. The third-order valence-corrected chi connectivity index (χ3v) is 2.05. The molecule has 0 aliphatic carbocycles. The summed E-state index contributed by atoms with van der Waals surface area (Å²) in [5.41, 5.74) is 7.72. The molecule has 2 aromatic rings. The summed E-state index contributed by atoms with van der Waals surface area (Å²) in [4.78, 5) is 12.4. The number of nitrogens with one attached hydrogen (secondary N) is 1. The number of nitrogens with zero attached hydrogens (tertiary/aromatic N) is 5. The van der Waals surface area contributed by atoms with Gasteiger partial charge in [-0.2, -0.15) is 9.90 Å². The molecule has 9 heteroatoms. The van der Waals surface area contributed by atoms with Gasteiger partial charge in [0.25, 0.3) is 11.9 Å². The van der Waals surface area contributed by atoms with Gasteiger partial charge in [-0.1, -0.05) is 23.3 Å². The predicted molar refractivity (Wildman–Crippen MR) is 64.4 cm³/mol. The van der Waals surface area contributed by atoms with Crippen molar-refractivity contribution in [1.29, 1.82) is 0 Å². The number of aromatic nitrogens is 4. The fourth-order valence-corrected chi connectivity index (χ4v) is 1.24. The van der Waals surface area contributed by atoms with Gasteiger partial charge in [-0.3, -0.25) is 4.79 Å². The Kier molecular flexibility index (Phi) is 3.76. The van der Waals surface area contributed by atoms with Gasteiger partial charge in [0.05, 0.1) is 6.21 Å². The molecule has 0 saturated carbocycles. The number of hydrogen-bond donors (Lipinski definition) is 2. The number of halogens is 1. The summed E-state index contributed by atoms with van der Waals surface area (Å²) in [5.74, 6) is -0.932. The van der Waals surface area contributed by atoms with Crippen molar-refractivity contribution in [2.45, 2.75) is 6.54 Å². The highest BCUT2D eigenvalue weighted by molar-refractivity contribution is 5.82. The van der Waals surface area contributed by atoms with Crippen LogP contribution in [0.25, 0.3) is 0 Å². The molecule has 1 heterocycles. The number of carbonyl (C=O) groups is 1. The molecule has 0 bridgehead atoms. The van der Waals surface area contributed by atoms with Gasteiger partial charge in [-0.25, -0.2) is 9.82 Å². The molecule has 0 aliphatic heterocycles. The summed E-state index contributed by atoms with van der Waals surface area (Å²) in [6.07, 6.45) is 1.20. The Labute approximate surface area is 107 Å². The van der Waals surface area contributed by atoms with Crippen molar-refractivity contribution >= 4 is 18.1 Å². The second-order valence-electron chi connectivity index (χ2n) is 3.49. The van der Waals surface area contributed by atoms with Gasteiger partial charge >= 0.3 is 0 Å². The van der Waals surface area contributed by atoms with E-state index in [0.29, 0.717) is 0 Å². The van der Waals surface area contributed by atoms with Gasteiger partial charge in [-0.15, -0.1) is 5.10 Å². The Bertz CT molecular complexity index is 609. The van der Waals surface area contributed by atoms with Crippen LogP contribution < -0.4 is 11.2 Å². The number of anilines is 1. The molecular formula is C10H10FN7O. The Hall–Kier alpha value is -2.84. The molecule has 0 saturated heterocycles. The first-order chi connectivity index (χ1) is 9.15. The minimum atomic E-state index is -0.481. The van der Waals surface area contributed by atoms with E-state index < -0.39 is 11.7 Å². The van der Waals surface area contributed by atoms with Crippen LogP contribution >= 0.6 is 0 Å². The Morgan fingerprint density at radius 3 is 3.00 bits per heavy atom. The molecule has 0 atom stereocenters. The van der Waals surface area contributed by atoms with E-state index in [4.69, 9.17) is 5.73 Å². The topological polar surface area (TPSA) is 111 Å². The second kappa shape index (κ2) is 5.67. The number of hydrazone groups is 1. The molecule has 1 amide bonds. The molecule has 2 rings (SSSR count). The Balaban J connectivity index is 1.88. The largest absolute Gasteiger partial charge is 0.365 e. The van der Waals surface area contributed by atoms with E-state index in [9.17, 15) is 9.18 Å². The number of carbonyl (C=O) groups excluding carboxylic acids is 1. The summed E-state index contributed by atoms with van der Waals surface area (Å²) in [5, 5.41) is 14.2. The molecule has 3 N–H and O–H groups in total. The van der Waals surface area contributed by atoms with Crippen LogP contribution in [0, 0.1) is 5.82 Å². The first-order valence-electron chi connectivity index (χ1n) is 5.25. The number of tetrazole rings is 1.